The highest BCUT2D eigenvalue weighted by Gasteiger charge is 2.35. The summed E-state index contributed by atoms with van der Waals surface area (Å²) in [6.45, 7) is 0. The summed E-state index contributed by atoms with van der Waals surface area (Å²) in [4.78, 5) is 3.67. The molecule has 15 heavy (non-hydrogen) atoms. The second kappa shape index (κ2) is 3.38. The molecule has 78 valence electrons. The molecule has 0 saturated carbocycles. The predicted octanol–water partition coefficient (Wildman–Crippen LogP) is 3.91. The molecule has 0 amide bonds. The molecule has 0 aliphatic carbocycles. The maximum absolute atomic E-state index is 12.7. The molecule has 2 rings (SSSR count). The van der Waals surface area contributed by atoms with Gasteiger partial charge in [0.1, 0.15) is 0 Å². The van der Waals surface area contributed by atoms with E-state index >= 15 is 0 Å². The fourth-order valence-electron chi connectivity index (χ4n) is 1.42. The lowest BCUT2D eigenvalue weighted by Crippen LogP contribution is -2.06. The fraction of sp³-hybridized carbons (Fsp3) is 0.100. The first-order chi connectivity index (χ1) is 7.00. The smallest absolute Gasteiger partial charge is 0.264 e. The Hall–Kier alpha value is -1.29. The highest BCUT2D eigenvalue weighted by atomic mass is 35.5. The Kier molecular flexibility index (Phi) is 2.31. The van der Waals surface area contributed by atoms with Crippen LogP contribution in [0.5, 0.6) is 0 Å². The molecule has 0 atom stereocenters. The zero-order valence-corrected chi connectivity index (χ0v) is 8.10. The Morgan fingerprint density at radius 1 is 1.13 bits per heavy atom. The quantitative estimate of drug-likeness (QED) is 0.670. The van der Waals surface area contributed by atoms with E-state index in [9.17, 15) is 13.2 Å². The number of halogens is 4. The van der Waals surface area contributed by atoms with E-state index < -0.39 is 11.7 Å². The molecule has 1 nitrogen and oxygen atoms in total. The van der Waals surface area contributed by atoms with Gasteiger partial charge < -0.3 is 0 Å². The first kappa shape index (κ1) is 10.2. The average molecular weight is 232 g/mol. The zero-order valence-electron chi connectivity index (χ0n) is 7.35. The Morgan fingerprint density at radius 3 is 2.53 bits per heavy atom. The van der Waals surface area contributed by atoms with Crippen LogP contribution in [0.25, 0.3) is 10.8 Å². The van der Waals surface area contributed by atoms with Crippen LogP contribution < -0.4 is 0 Å². The van der Waals surface area contributed by atoms with Crippen molar-refractivity contribution in [2.45, 2.75) is 6.18 Å². The summed E-state index contributed by atoms with van der Waals surface area (Å²) in [7, 11) is 0. The average Bonchev–Trinajstić information content (AvgIpc) is 2.15. The van der Waals surface area contributed by atoms with Crippen LogP contribution >= 0.6 is 11.6 Å². The van der Waals surface area contributed by atoms with Crippen LogP contribution in [-0.4, -0.2) is 4.98 Å². The van der Waals surface area contributed by atoms with Crippen molar-refractivity contribution >= 4 is 22.4 Å². The zero-order chi connectivity index (χ0) is 11.1. The molecule has 1 heterocycles. The molecule has 2 aromatic rings. The predicted molar refractivity (Wildman–Crippen MR) is 51.8 cm³/mol. The number of alkyl halides is 3. The molecular formula is C10H5ClF3N. The lowest BCUT2D eigenvalue weighted by molar-refractivity contribution is -0.136. The standard InChI is InChI=1S/C10H5ClF3N/c11-8-2-1-6-3-4-15-5-7(6)9(8)10(12,13)14/h1-5H. The van der Waals surface area contributed by atoms with Crippen LogP contribution in [0.2, 0.25) is 5.02 Å². The molecule has 0 spiro atoms. The van der Waals surface area contributed by atoms with Gasteiger partial charge in [0, 0.05) is 17.8 Å². The van der Waals surface area contributed by atoms with E-state index in [0.29, 0.717) is 5.39 Å². The summed E-state index contributed by atoms with van der Waals surface area (Å²) in [5.74, 6) is 0. The van der Waals surface area contributed by atoms with Gasteiger partial charge in [-0.15, -0.1) is 0 Å². The third-order valence-electron chi connectivity index (χ3n) is 2.06. The van der Waals surface area contributed by atoms with E-state index in [4.69, 9.17) is 11.6 Å². The van der Waals surface area contributed by atoms with Gasteiger partial charge >= 0.3 is 6.18 Å². The summed E-state index contributed by atoms with van der Waals surface area (Å²) in [6, 6.07) is 4.29. The number of hydrogen-bond donors (Lipinski definition) is 0. The van der Waals surface area contributed by atoms with Crippen LogP contribution in [0.15, 0.2) is 30.6 Å². The van der Waals surface area contributed by atoms with Crippen LogP contribution in [-0.2, 0) is 6.18 Å². The van der Waals surface area contributed by atoms with Gasteiger partial charge in [0.15, 0.2) is 0 Å². The molecule has 0 fully saturated rings. The summed E-state index contributed by atoms with van der Waals surface area (Å²) >= 11 is 5.54. The van der Waals surface area contributed by atoms with Gasteiger partial charge in [-0.2, -0.15) is 13.2 Å². The van der Waals surface area contributed by atoms with Crippen molar-refractivity contribution in [3.8, 4) is 0 Å². The van der Waals surface area contributed by atoms with Crippen molar-refractivity contribution in [2.24, 2.45) is 0 Å². The lowest BCUT2D eigenvalue weighted by Gasteiger charge is -2.11. The first-order valence-corrected chi connectivity index (χ1v) is 4.47. The van der Waals surface area contributed by atoms with Crippen molar-refractivity contribution in [3.63, 3.8) is 0 Å². The molecule has 0 aliphatic rings. The van der Waals surface area contributed by atoms with Crippen molar-refractivity contribution in [2.75, 3.05) is 0 Å². The third kappa shape index (κ3) is 1.77. The van der Waals surface area contributed by atoms with Crippen LogP contribution in [0, 0.1) is 0 Å². The van der Waals surface area contributed by atoms with Gasteiger partial charge in [0.2, 0.25) is 0 Å². The molecule has 0 saturated heterocycles. The lowest BCUT2D eigenvalue weighted by atomic mass is 10.1. The van der Waals surface area contributed by atoms with E-state index in [1.54, 1.807) is 0 Å². The fourth-order valence-corrected chi connectivity index (χ4v) is 1.69. The van der Waals surface area contributed by atoms with Gasteiger partial charge in [0.25, 0.3) is 0 Å². The number of nitrogens with zero attached hydrogens (tertiary/aromatic N) is 1. The van der Waals surface area contributed by atoms with E-state index in [1.807, 2.05) is 0 Å². The highest BCUT2D eigenvalue weighted by Crippen LogP contribution is 2.39. The van der Waals surface area contributed by atoms with Gasteiger partial charge in [0.05, 0.1) is 10.6 Å². The highest BCUT2D eigenvalue weighted by molar-refractivity contribution is 6.32. The Balaban J connectivity index is 2.86. The van der Waals surface area contributed by atoms with Gasteiger partial charge in [-0.3, -0.25) is 4.98 Å². The number of pyridine rings is 1. The van der Waals surface area contributed by atoms with Crippen molar-refractivity contribution in [3.05, 3.63) is 41.2 Å². The molecular weight excluding hydrogens is 227 g/mol. The van der Waals surface area contributed by atoms with Gasteiger partial charge in [-0.05, 0) is 17.5 Å². The topological polar surface area (TPSA) is 12.9 Å². The van der Waals surface area contributed by atoms with Crippen LogP contribution in [0.1, 0.15) is 5.56 Å². The molecule has 0 radical (unpaired) electrons. The SMILES string of the molecule is FC(F)(F)c1c(Cl)ccc2ccncc12. The summed E-state index contributed by atoms with van der Waals surface area (Å²) in [5.41, 5.74) is -0.824. The molecule has 0 bridgehead atoms. The van der Waals surface area contributed by atoms with Gasteiger partial charge in [-0.1, -0.05) is 17.7 Å². The summed E-state index contributed by atoms with van der Waals surface area (Å²) in [5, 5.41) is 0.197. The number of fused-ring (bicyclic) bond motifs is 1. The molecule has 1 aromatic heterocycles. The molecule has 0 N–H and O–H groups in total. The normalized spacial score (nSPS) is 12.0. The van der Waals surface area contributed by atoms with Crippen molar-refractivity contribution in [1.82, 2.24) is 4.98 Å². The minimum atomic E-state index is -4.46. The number of hydrogen-bond acceptors (Lipinski definition) is 1. The number of aromatic nitrogens is 1. The van der Waals surface area contributed by atoms with Crippen LogP contribution in [0.4, 0.5) is 13.2 Å². The van der Waals surface area contributed by atoms with Crippen LogP contribution in [0.3, 0.4) is 0 Å². The Morgan fingerprint density at radius 2 is 1.87 bits per heavy atom. The monoisotopic (exact) mass is 231 g/mol. The summed E-state index contributed by atoms with van der Waals surface area (Å²) < 4.78 is 38.0. The molecule has 0 aliphatic heterocycles. The van der Waals surface area contributed by atoms with E-state index in [1.165, 1.54) is 30.6 Å². The first-order valence-electron chi connectivity index (χ1n) is 4.09. The molecule has 5 heteroatoms. The van der Waals surface area contributed by atoms with Crippen molar-refractivity contribution in [1.29, 1.82) is 0 Å². The Labute approximate surface area is 88.5 Å². The molecule has 1 aromatic carbocycles. The summed E-state index contributed by atoms with van der Waals surface area (Å²) in [6.07, 6.45) is -1.85. The second-order valence-electron chi connectivity index (χ2n) is 3.02. The van der Waals surface area contributed by atoms with Crippen molar-refractivity contribution < 1.29 is 13.2 Å². The van der Waals surface area contributed by atoms with E-state index in [0.717, 1.165) is 0 Å². The maximum atomic E-state index is 12.7. The molecule has 0 unspecified atom stereocenters. The van der Waals surface area contributed by atoms with E-state index in [-0.39, 0.29) is 10.4 Å². The largest absolute Gasteiger partial charge is 0.418 e. The minimum Gasteiger partial charge on any atom is -0.264 e. The van der Waals surface area contributed by atoms with E-state index in [2.05, 4.69) is 4.98 Å². The minimum absolute atomic E-state index is 0.0255. The third-order valence-corrected chi connectivity index (χ3v) is 2.37. The second-order valence-corrected chi connectivity index (χ2v) is 3.42. The number of rotatable bonds is 0. The van der Waals surface area contributed by atoms with Gasteiger partial charge in [-0.25, -0.2) is 0 Å². The number of benzene rings is 1. The maximum Gasteiger partial charge on any atom is 0.418 e. The Bertz CT molecular complexity index is 507.